The SMILES string of the molecule is C[C@@H]1Sc2ccc(C(=O)OCC(=O)N3CCN(C(=O)c4ccco4)CC3)cc2NC1=O. The van der Waals surface area contributed by atoms with Crippen LogP contribution < -0.4 is 5.32 Å². The molecule has 1 fully saturated rings. The van der Waals surface area contributed by atoms with E-state index in [1.165, 1.54) is 18.0 Å². The van der Waals surface area contributed by atoms with Crippen molar-refractivity contribution in [3.05, 3.63) is 47.9 Å². The van der Waals surface area contributed by atoms with Crippen LogP contribution in [0.3, 0.4) is 0 Å². The highest BCUT2D eigenvalue weighted by Crippen LogP contribution is 2.36. The van der Waals surface area contributed by atoms with Crippen molar-refractivity contribution in [2.24, 2.45) is 0 Å². The van der Waals surface area contributed by atoms with Crippen molar-refractivity contribution in [3.63, 3.8) is 0 Å². The van der Waals surface area contributed by atoms with Gasteiger partial charge in [-0.3, -0.25) is 14.4 Å². The smallest absolute Gasteiger partial charge is 0.338 e. The zero-order valence-corrected chi connectivity index (χ0v) is 17.6. The molecule has 9 nitrogen and oxygen atoms in total. The van der Waals surface area contributed by atoms with Gasteiger partial charge in [0.1, 0.15) is 0 Å². The molecular weight excluding hydrogens is 422 g/mol. The number of amides is 3. The molecular formula is C21H21N3O6S. The number of furan rings is 1. The summed E-state index contributed by atoms with van der Waals surface area (Å²) in [6.45, 7) is 2.87. The highest BCUT2D eigenvalue weighted by Gasteiger charge is 2.27. The van der Waals surface area contributed by atoms with Gasteiger partial charge in [-0.25, -0.2) is 4.79 Å². The van der Waals surface area contributed by atoms with E-state index in [1.54, 1.807) is 40.1 Å². The molecule has 10 heteroatoms. The molecule has 1 aromatic carbocycles. The molecule has 2 aliphatic rings. The van der Waals surface area contributed by atoms with Crippen LogP contribution in [0.1, 0.15) is 27.8 Å². The molecule has 2 aliphatic heterocycles. The minimum absolute atomic E-state index is 0.122. The van der Waals surface area contributed by atoms with Gasteiger partial charge in [-0.2, -0.15) is 0 Å². The molecule has 162 valence electrons. The number of nitrogens with zero attached hydrogens (tertiary/aromatic N) is 2. The quantitative estimate of drug-likeness (QED) is 0.719. The van der Waals surface area contributed by atoms with Gasteiger partial charge in [0.25, 0.3) is 11.8 Å². The number of ether oxygens (including phenoxy) is 1. The maximum absolute atomic E-state index is 12.4. The molecule has 0 bridgehead atoms. The number of fused-ring (bicyclic) bond motifs is 1. The van der Waals surface area contributed by atoms with Gasteiger partial charge in [0, 0.05) is 31.1 Å². The number of carbonyl (C=O) groups is 4. The molecule has 2 aromatic rings. The average Bonchev–Trinajstić information content (AvgIpc) is 3.32. The standard InChI is InChI=1S/C21H21N3O6S/c1-13-19(26)22-15-11-14(4-5-17(15)31-13)21(28)30-12-18(25)23-6-8-24(9-7-23)20(27)16-3-2-10-29-16/h2-5,10-11,13H,6-9,12H2,1H3,(H,22,26)/t13-/m0/s1. The molecule has 0 unspecified atom stereocenters. The molecule has 4 rings (SSSR count). The molecule has 31 heavy (non-hydrogen) atoms. The molecule has 1 N–H and O–H groups in total. The summed E-state index contributed by atoms with van der Waals surface area (Å²) >= 11 is 1.42. The first-order valence-electron chi connectivity index (χ1n) is 9.81. The summed E-state index contributed by atoms with van der Waals surface area (Å²) in [7, 11) is 0. The van der Waals surface area contributed by atoms with E-state index in [-0.39, 0.29) is 40.9 Å². The number of piperazine rings is 1. The molecule has 0 aliphatic carbocycles. The number of anilines is 1. The fourth-order valence-electron chi connectivity index (χ4n) is 3.35. The van der Waals surface area contributed by atoms with Crippen LogP contribution in [0.2, 0.25) is 0 Å². The van der Waals surface area contributed by atoms with Crippen molar-refractivity contribution in [2.45, 2.75) is 17.1 Å². The van der Waals surface area contributed by atoms with Crippen molar-refractivity contribution in [1.29, 1.82) is 0 Å². The summed E-state index contributed by atoms with van der Waals surface area (Å²) in [6.07, 6.45) is 1.44. The summed E-state index contributed by atoms with van der Waals surface area (Å²) < 4.78 is 10.3. The molecule has 3 heterocycles. The molecule has 0 saturated carbocycles. The fourth-order valence-corrected chi connectivity index (χ4v) is 4.28. The Balaban J connectivity index is 1.27. The van der Waals surface area contributed by atoms with Crippen LogP contribution >= 0.6 is 11.8 Å². The predicted molar refractivity (Wildman–Crippen MR) is 112 cm³/mol. The van der Waals surface area contributed by atoms with Crippen molar-refractivity contribution in [1.82, 2.24) is 9.80 Å². The summed E-state index contributed by atoms with van der Waals surface area (Å²) in [5.41, 5.74) is 0.821. The van der Waals surface area contributed by atoms with Crippen molar-refractivity contribution in [3.8, 4) is 0 Å². The fraction of sp³-hybridized carbons (Fsp3) is 0.333. The third-order valence-electron chi connectivity index (χ3n) is 5.12. The maximum Gasteiger partial charge on any atom is 0.338 e. The van der Waals surface area contributed by atoms with E-state index in [1.807, 2.05) is 6.92 Å². The largest absolute Gasteiger partial charge is 0.459 e. The van der Waals surface area contributed by atoms with E-state index in [0.29, 0.717) is 31.9 Å². The van der Waals surface area contributed by atoms with E-state index in [2.05, 4.69) is 5.32 Å². The summed E-state index contributed by atoms with van der Waals surface area (Å²) in [5.74, 6) is -1.03. The van der Waals surface area contributed by atoms with Gasteiger partial charge in [0.2, 0.25) is 5.91 Å². The molecule has 1 saturated heterocycles. The number of hydrogen-bond acceptors (Lipinski definition) is 7. The summed E-state index contributed by atoms with van der Waals surface area (Å²) in [5, 5.41) is 2.57. The second-order valence-electron chi connectivity index (χ2n) is 7.19. The molecule has 1 atom stereocenters. The van der Waals surface area contributed by atoms with Crippen LogP contribution in [-0.4, -0.2) is 71.5 Å². The number of benzene rings is 1. The van der Waals surface area contributed by atoms with Crippen molar-refractivity contribution < 1.29 is 28.3 Å². The number of nitrogens with one attached hydrogen (secondary N) is 1. The Morgan fingerprint density at radius 3 is 2.61 bits per heavy atom. The first kappa shape index (κ1) is 21.0. The van der Waals surface area contributed by atoms with Crippen LogP contribution in [0.25, 0.3) is 0 Å². The predicted octanol–water partition coefficient (Wildman–Crippen LogP) is 1.85. The van der Waals surface area contributed by atoms with Crippen LogP contribution in [0, 0.1) is 0 Å². The summed E-state index contributed by atoms with van der Waals surface area (Å²) in [4.78, 5) is 52.9. The first-order chi connectivity index (χ1) is 14.9. The third-order valence-corrected chi connectivity index (χ3v) is 6.30. The Morgan fingerprint density at radius 1 is 1.16 bits per heavy atom. The van der Waals surface area contributed by atoms with Gasteiger partial charge in [0.15, 0.2) is 12.4 Å². The van der Waals surface area contributed by atoms with Gasteiger partial charge >= 0.3 is 5.97 Å². The zero-order chi connectivity index (χ0) is 22.0. The lowest BCUT2D eigenvalue weighted by Crippen LogP contribution is -2.51. The molecule has 0 radical (unpaired) electrons. The lowest BCUT2D eigenvalue weighted by atomic mass is 10.2. The normalized spacial score (nSPS) is 18.2. The van der Waals surface area contributed by atoms with Crippen molar-refractivity contribution >= 4 is 41.1 Å². The van der Waals surface area contributed by atoms with E-state index in [9.17, 15) is 19.2 Å². The van der Waals surface area contributed by atoms with Crippen LogP contribution in [0.5, 0.6) is 0 Å². The van der Waals surface area contributed by atoms with E-state index in [0.717, 1.165) is 4.90 Å². The Labute approximate surface area is 182 Å². The maximum atomic E-state index is 12.4. The lowest BCUT2D eigenvalue weighted by molar-refractivity contribution is -0.136. The number of esters is 1. The van der Waals surface area contributed by atoms with E-state index < -0.39 is 5.97 Å². The Kier molecular flexibility index (Phi) is 5.99. The Morgan fingerprint density at radius 2 is 1.90 bits per heavy atom. The highest BCUT2D eigenvalue weighted by atomic mass is 32.2. The van der Waals surface area contributed by atoms with Crippen molar-refractivity contribution in [2.75, 3.05) is 38.1 Å². The summed E-state index contributed by atoms with van der Waals surface area (Å²) in [6, 6.07) is 8.17. The number of rotatable bonds is 4. The third kappa shape index (κ3) is 4.58. The number of carbonyl (C=O) groups excluding carboxylic acids is 4. The topological polar surface area (TPSA) is 109 Å². The minimum atomic E-state index is -0.638. The van der Waals surface area contributed by atoms with Gasteiger partial charge in [-0.1, -0.05) is 0 Å². The van der Waals surface area contributed by atoms with Crippen LogP contribution in [0.15, 0.2) is 45.9 Å². The van der Waals surface area contributed by atoms with E-state index in [4.69, 9.17) is 9.15 Å². The van der Waals surface area contributed by atoms with Crippen LogP contribution in [-0.2, 0) is 14.3 Å². The Bertz CT molecular complexity index is 1010. The highest BCUT2D eigenvalue weighted by molar-refractivity contribution is 8.00. The van der Waals surface area contributed by atoms with E-state index >= 15 is 0 Å². The molecule has 3 amide bonds. The average molecular weight is 443 g/mol. The van der Waals surface area contributed by atoms with Crippen LogP contribution in [0.4, 0.5) is 5.69 Å². The molecule has 0 spiro atoms. The second-order valence-corrected chi connectivity index (χ2v) is 8.57. The lowest BCUT2D eigenvalue weighted by Gasteiger charge is -2.34. The first-order valence-corrected chi connectivity index (χ1v) is 10.7. The number of hydrogen-bond donors (Lipinski definition) is 1. The van der Waals surface area contributed by atoms with Gasteiger partial charge < -0.3 is 24.3 Å². The molecule has 1 aromatic heterocycles. The minimum Gasteiger partial charge on any atom is -0.459 e. The van der Waals surface area contributed by atoms with Gasteiger partial charge in [-0.05, 0) is 37.3 Å². The zero-order valence-electron chi connectivity index (χ0n) is 16.8. The van der Waals surface area contributed by atoms with Gasteiger partial charge in [0.05, 0.1) is 22.8 Å². The second kappa shape index (κ2) is 8.84. The Hall–Kier alpha value is -3.27. The van der Waals surface area contributed by atoms with Gasteiger partial charge in [-0.15, -0.1) is 11.8 Å². The number of thioether (sulfide) groups is 1. The monoisotopic (exact) mass is 443 g/mol.